The molecule has 0 radical (unpaired) electrons. The van der Waals surface area contributed by atoms with Crippen molar-refractivity contribution in [2.75, 3.05) is 0 Å². The fourth-order valence-corrected chi connectivity index (χ4v) is 4.25. The molecule has 1 N–H and O–H groups in total. The van der Waals surface area contributed by atoms with Gasteiger partial charge in [-0.25, -0.2) is 0 Å². The van der Waals surface area contributed by atoms with Crippen LogP contribution in [-0.4, -0.2) is 22.9 Å². The van der Waals surface area contributed by atoms with Gasteiger partial charge >= 0.3 is 0 Å². The first kappa shape index (κ1) is 13.1. The molecule has 104 valence electrons. The van der Waals surface area contributed by atoms with E-state index in [1.807, 2.05) is 6.92 Å². The van der Waals surface area contributed by atoms with Crippen LogP contribution in [0.5, 0.6) is 0 Å². The van der Waals surface area contributed by atoms with E-state index < -0.39 is 0 Å². The Bertz CT molecular complexity index is 464. The van der Waals surface area contributed by atoms with E-state index in [9.17, 15) is 4.79 Å². The van der Waals surface area contributed by atoms with Gasteiger partial charge in [-0.2, -0.15) is 0 Å². The Morgan fingerprint density at radius 2 is 2.00 bits per heavy atom. The van der Waals surface area contributed by atoms with Crippen LogP contribution >= 0.6 is 11.3 Å². The van der Waals surface area contributed by atoms with Gasteiger partial charge in [0.2, 0.25) is 5.91 Å². The second kappa shape index (κ2) is 5.25. The Labute approximate surface area is 119 Å². The number of carbonyl (C=O) groups is 1. The molecule has 3 nitrogen and oxygen atoms in total. The third-order valence-electron chi connectivity index (χ3n) is 4.31. The number of amides is 1. The number of aryl methyl sites for hydroxylation is 1. The summed E-state index contributed by atoms with van der Waals surface area (Å²) in [6.07, 6.45) is 6.29. The first-order valence-electron chi connectivity index (χ1n) is 7.31. The monoisotopic (exact) mass is 278 g/mol. The molecule has 0 spiro atoms. The maximum Gasteiger partial charge on any atom is 0.241 e. The molecule has 2 atom stereocenters. The topological polar surface area (TPSA) is 32.3 Å². The van der Waals surface area contributed by atoms with Crippen LogP contribution in [0.25, 0.3) is 0 Å². The van der Waals surface area contributed by atoms with Crippen molar-refractivity contribution in [3.8, 4) is 0 Å². The van der Waals surface area contributed by atoms with Crippen LogP contribution < -0.4 is 5.32 Å². The van der Waals surface area contributed by atoms with Gasteiger partial charge < -0.3 is 4.90 Å². The van der Waals surface area contributed by atoms with E-state index in [2.05, 4.69) is 29.3 Å². The third kappa shape index (κ3) is 2.43. The van der Waals surface area contributed by atoms with E-state index in [1.165, 1.54) is 41.9 Å². The smallest absolute Gasteiger partial charge is 0.241 e. The molecule has 0 bridgehead atoms. The number of hydrogen-bond donors (Lipinski definition) is 1. The predicted molar refractivity (Wildman–Crippen MR) is 78.1 cm³/mol. The molecular formula is C15H22N2OS. The zero-order chi connectivity index (χ0) is 13.4. The second-order valence-electron chi connectivity index (χ2n) is 5.78. The quantitative estimate of drug-likeness (QED) is 0.901. The van der Waals surface area contributed by atoms with Crippen molar-refractivity contribution in [3.63, 3.8) is 0 Å². The summed E-state index contributed by atoms with van der Waals surface area (Å²) in [6, 6.07) is 4.70. The second-order valence-corrected chi connectivity index (χ2v) is 7.10. The highest BCUT2D eigenvalue weighted by atomic mass is 32.1. The number of nitrogens with one attached hydrogen (secondary N) is 1. The van der Waals surface area contributed by atoms with Crippen LogP contribution in [0.2, 0.25) is 0 Å². The summed E-state index contributed by atoms with van der Waals surface area (Å²) in [6.45, 7) is 4.11. The van der Waals surface area contributed by atoms with Gasteiger partial charge in [0.15, 0.2) is 0 Å². The lowest BCUT2D eigenvalue weighted by molar-refractivity contribution is -0.132. The molecule has 0 aromatic carbocycles. The lowest BCUT2D eigenvalue weighted by Gasteiger charge is -2.34. The van der Waals surface area contributed by atoms with Gasteiger partial charge in [0.1, 0.15) is 6.17 Å². The highest BCUT2D eigenvalue weighted by Crippen LogP contribution is 2.35. The number of carbonyl (C=O) groups excluding carboxylic acids is 1. The maximum absolute atomic E-state index is 12.5. The minimum absolute atomic E-state index is 0.0469. The van der Waals surface area contributed by atoms with Crippen molar-refractivity contribution in [1.29, 1.82) is 0 Å². The van der Waals surface area contributed by atoms with E-state index in [0.29, 0.717) is 6.04 Å². The van der Waals surface area contributed by atoms with Crippen molar-refractivity contribution in [3.05, 3.63) is 21.9 Å². The zero-order valence-corrected chi connectivity index (χ0v) is 12.5. The van der Waals surface area contributed by atoms with Crippen LogP contribution in [-0.2, 0) is 4.79 Å². The van der Waals surface area contributed by atoms with Gasteiger partial charge in [0.05, 0.1) is 6.04 Å². The van der Waals surface area contributed by atoms with E-state index in [-0.39, 0.29) is 18.1 Å². The largest absolute Gasteiger partial charge is 0.318 e. The maximum atomic E-state index is 12.5. The van der Waals surface area contributed by atoms with Crippen molar-refractivity contribution >= 4 is 17.2 Å². The summed E-state index contributed by atoms with van der Waals surface area (Å²) in [5.74, 6) is 0.281. The number of nitrogens with zero attached hydrogens (tertiary/aromatic N) is 1. The molecule has 1 aromatic rings. The van der Waals surface area contributed by atoms with E-state index in [4.69, 9.17) is 0 Å². The Hall–Kier alpha value is -0.870. The molecule has 1 aromatic heterocycles. The molecule has 19 heavy (non-hydrogen) atoms. The van der Waals surface area contributed by atoms with E-state index >= 15 is 0 Å². The highest BCUT2D eigenvalue weighted by Gasteiger charge is 2.41. The molecule has 2 aliphatic rings. The fourth-order valence-electron chi connectivity index (χ4n) is 3.31. The first-order valence-corrected chi connectivity index (χ1v) is 8.13. The fraction of sp³-hybridized carbons (Fsp3) is 0.667. The van der Waals surface area contributed by atoms with Gasteiger partial charge in [-0.1, -0.05) is 19.3 Å². The number of rotatable bonds is 2. The van der Waals surface area contributed by atoms with Crippen molar-refractivity contribution in [1.82, 2.24) is 10.2 Å². The van der Waals surface area contributed by atoms with Gasteiger partial charge in [-0.15, -0.1) is 11.3 Å². The Morgan fingerprint density at radius 1 is 1.26 bits per heavy atom. The standard InChI is InChI=1S/C15H22N2OS/c1-10-8-9-13(19-10)14-16-11(2)15(18)17(14)12-6-4-3-5-7-12/h8-9,11-12,14,16H,3-7H2,1-2H3. The molecule has 2 fully saturated rings. The van der Waals surface area contributed by atoms with E-state index in [1.54, 1.807) is 11.3 Å². The van der Waals surface area contributed by atoms with Crippen molar-refractivity contribution in [2.24, 2.45) is 0 Å². The summed E-state index contributed by atoms with van der Waals surface area (Å²) in [5.41, 5.74) is 0. The molecule has 1 aliphatic carbocycles. The van der Waals surface area contributed by atoms with Crippen molar-refractivity contribution in [2.45, 2.75) is 64.2 Å². The van der Waals surface area contributed by atoms with Crippen LogP contribution in [0.4, 0.5) is 0 Å². The average molecular weight is 278 g/mol. The summed E-state index contributed by atoms with van der Waals surface area (Å²) < 4.78 is 0. The predicted octanol–water partition coefficient (Wildman–Crippen LogP) is 3.21. The number of hydrogen-bond acceptors (Lipinski definition) is 3. The minimum atomic E-state index is -0.0469. The highest BCUT2D eigenvalue weighted by molar-refractivity contribution is 7.12. The molecule has 2 heterocycles. The first-order chi connectivity index (χ1) is 9.16. The van der Waals surface area contributed by atoms with Crippen LogP contribution in [0.3, 0.4) is 0 Å². The van der Waals surface area contributed by atoms with Crippen molar-refractivity contribution < 1.29 is 4.79 Å². The average Bonchev–Trinajstić information content (AvgIpc) is 2.96. The molecule has 4 heteroatoms. The SMILES string of the molecule is Cc1ccc(C2NC(C)C(=O)N2C2CCCCC2)s1. The van der Waals surface area contributed by atoms with Crippen LogP contribution in [0.1, 0.15) is 54.9 Å². The zero-order valence-electron chi connectivity index (χ0n) is 11.7. The lowest BCUT2D eigenvalue weighted by Crippen LogP contribution is -2.40. The normalized spacial score (nSPS) is 29.2. The molecule has 3 rings (SSSR count). The Morgan fingerprint density at radius 3 is 2.63 bits per heavy atom. The Kier molecular flexibility index (Phi) is 3.63. The molecule has 1 saturated carbocycles. The summed E-state index contributed by atoms with van der Waals surface area (Å²) >= 11 is 1.80. The van der Waals surface area contributed by atoms with Crippen LogP contribution in [0, 0.1) is 6.92 Å². The summed E-state index contributed by atoms with van der Waals surface area (Å²) in [4.78, 5) is 17.2. The van der Waals surface area contributed by atoms with Gasteiger partial charge in [0.25, 0.3) is 0 Å². The molecule has 1 saturated heterocycles. The van der Waals surface area contributed by atoms with Gasteiger partial charge in [0, 0.05) is 15.8 Å². The van der Waals surface area contributed by atoms with Crippen LogP contribution in [0.15, 0.2) is 12.1 Å². The molecule has 1 amide bonds. The minimum Gasteiger partial charge on any atom is -0.318 e. The third-order valence-corrected chi connectivity index (χ3v) is 5.36. The molecule has 1 aliphatic heterocycles. The summed E-state index contributed by atoms with van der Waals surface area (Å²) in [5, 5.41) is 3.47. The van der Waals surface area contributed by atoms with Gasteiger partial charge in [-0.05, 0) is 38.8 Å². The van der Waals surface area contributed by atoms with E-state index in [0.717, 1.165) is 0 Å². The Balaban J connectivity index is 1.86. The summed E-state index contributed by atoms with van der Waals surface area (Å²) in [7, 11) is 0. The number of thiophene rings is 1. The lowest BCUT2D eigenvalue weighted by atomic mass is 9.94. The molecular weight excluding hydrogens is 256 g/mol. The van der Waals surface area contributed by atoms with Gasteiger partial charge in [-0.3, -0.25) is 10.1 Å². The molecule has 2 unspecified atom stereocenters.